The molecule has 0 aliphatic heterocycles. The van der Waals surface area contributed by atoms with Crippen molar-refractivity contribution in [2.45, 2.75) is 6.18 Å². The summed E-state index contributed by atoms with van der Waals surface area (Å²) >= 11 is 0. The van der Waals surface area contributed by atoms with E-state index in [9.17, 15) is 13.2 Å². The summed E-state index contributed by atoms with van der Waals surface area (Å²) in [5.41, 5.74) is -2.32. The molecule has 0 aromatic heterocycles. The Balaban J connectivity index is 0. The van der Waals surface area contributed by atoms with Crippen LogP contribution in [0.4, 0.5) is 13.2 Å². The minimum atomic E-state index is -5.08. The molecule has 24 heavy (non-hydrogen) atoms. The Morgan fingerprint density at radius 3 is 1.04 bits per heavy atom. The molecule has 0 atom stereocenters. The van der Waals surface area contributed by atoms with Gasteiger partial charge in [0.2, 0.25) is 0 Å². The molecular formula is C12H23F3O9. The molecule has 0 saturated heterocycles. The average Bonchev–Trinajstić information content (AvgIpc) is 2.56. The average molecular weight is 368 g/mol. The number of hydrogen-bond acceptors (Lipinski definition) is 8. The van der Waals surface area contributed by atoms with Gasteiger partial charge < -0.3 is 40.5 Å². The van der Waals surface area contributed by atoms with Gasteiger partial charge in [0.25, 0.3) is 0 Å². The zero-order valence-corrected chi connectivity index (χ0v) is 12.7. The smallest absolute Gasteiger partial charge is 0.475 e. The van der Waals surface area contributed by atoms with Crippen LogP contribution < -0.4 is 0 Å². The van der Waals surface area contributed by atoms with E-state index in [4.69, 9.17) is 45.3 Å². The molecule has 0 amide bonds. The first-order valence-electron chi connectivity index (χ1n) is 6.55. The van der Waals surface area contributed by atoms with Crippen LogP contribution in [-0.2, 0) is 9.53 Å². The number of aliphatic hydroxyl groups is 6. The summed E-state index contributed by atoms with van der Waals surface area (Å²) in [6.07, 6.45) is -5.08. The van der Waals surface area contributed by atoms with Crippen molar-refractivity contribution in [2.75, 3.05) is 52.9 Å². The zero-order chi connectivity index (χ0) is 19.4. The van der Waals surface area contributed by atoms with Gasteiger partial charge in [-0.25, -0.2) is 4.79 Å². The molecular weight excluding hydrogens is 345 g/mol. The molecule has 0 bridgehead atoms. The molecule has 0 aromatic carbocycles. The molecule has 0 aliphatic rings. The lowest BCUT2D eigenvalue weighted by Crippen LogP contribution is -2.43. The minimum Gasteiger partial charge on any atom is -0.475 e. The Bertz CT molecular complexity index is 305. The number of carbonyl (C=O) groups is 1. The number of halogens is 3. The second-order valence-electron chi connectivity index (χ2n) is 5.24. The molecule has 0 saturated carbocycles. The highest BCUT2D eigenvalue weighted by molar-refractivity contribution is 5.73. The lowest BCUT2D eigenvalue weighted by atomic mass is 9.91. The maximum absolute atomic E-state index is 10.6. The van der Waals surface area contributed by atoms with Crippen LogP contribution in [-0.4, -0.2) is 101 Å². The maximum atomic E-state index is 10.6. The van der Waals surface area contributed by atoms with Crippen LogP contribution in [0.15, 0.2) is 0 Å². The SMILES string of the molecule is O=C(O)C(F)(F)F.OCC(CO)(CO)COCC(CO)(CO)CO. The fourth-order valence-corrected chi connectivity index (χ4v) is 1.06. The molecule has 146 valence electrons. The highest BCUT2D eigenvalue weighted by Crippen LogP contribution is 2.19. The monoisotopic (exact) mass is 368 g/mol. The van der Waals surface area contributed by atoms with E-state index in [1.54, 1.807) is 0 Å². The van der Waals surface area contributed by atoms with Gasteiger partial charge >= 0.3 is 12.1 Å². The zero-order valence-electron chi connectivity index (χ0n) is 12.7. The Morgan fingerprint density at radius 2 is 0.917 bits per heavy atom. The summed E-state index contributed by atoms with van der Waals surface area (Å²) in [6, 6.07) is 0. The van der Waals surface area contributed by atoms with Gasteiger partial charge in [0.05, 0.1) is 63.7 Å². The van der Waals surface area contributed by atoms with Gasteiger partial charge in [-0.2, -0.15) is 13.2 Å². The minimum absolute atomic E-state index is 0.141. The first-order valence-corrected chi connectivity index (χ1v) is 6.55. The molecule has 0 fully saturated rings. The standard InChI is InChI=1S/C10H22O7.C2HF3O2/c11-1-9(2-12,3-13)7-17-8-10(4-14,5-15)6-16;3-2(4,5)1(6)7/h11-16H,1-8H2;(H,6,7). The summed E-state index contributed by atoms with van der Waals surface area (Å²) in [5, 5.41) is 61.3. The lowest BCUT2D eigenvalue weighted by molar-refractivity contribution is -0.192. The van der Waals surface area contributed by atoms with E-state index in [2.05, 4.69) is 0 Å². The van der Waals surface area contributed by atoms with E-state index in [-0.39, 0.29) is 13.2 Å². The van der Waals surface area contributed by atoms with Crippen LogP contribution in [0.3, 0.4) is 0 Å². The quantitative estimate of drug-likeness (QED) is 0.222. The van der Waals surface area contributed by atoms with Crippen molar-refractivity contribution in [3.63, 3.8) is 0 Å². The van der Waals surface area contributed by atoms with E-state index in [1.807, 2.05) is 0 Å². The van der Waals surface area contributed by atoms with E-state index in [0.717, 1.165) is 0 Å². The predicted molar refractivity (Wildman–Crippen MR) is 71.9 cm³/mol. The van der Waals surface area contributed by atoms with Crippen molar-refractivity contribution in [3.05, 3.63) is 0 Å². The molecule has 0 aliphatic carbocycles. The Kier molecular flexibility index (Phi) is 12.1. The van der Waals surface area contributed by atoms with Crippen molar-refractivity contribution >= 4 is 5.97 Å². The molecule has 7 N–H and O–H groups in total. The number of hydrogen-bond donors (Lipinski definition) is 7. The van der Waals surface area contributed by atoms with Crippen LogP contribution in [0.2, 0.25) is 0 Å². The van der Waals surface area contributed by atoms with Crippen LogP contribution in [0.25, 0.3) is 0 Å². The second kappa shape index (κ2) is 11.5. The third kappa shape index (κ3) is 8.73. The third-order valence-corrected chi connectivity index (χ3v) is 3.07. The maximum Gasteiger partial charge on any atom is 0.490 e. The molecule has 0 radical (unpaired) electrons. The number of rotatable bonds is 10. The second-order valence-corrected chi connectivity index (χ2v) is 5.24. The normalized spacial score (nSPS) is 12.5. The van der Waals surface area contributed by atoms with Crippen LogP contribution in [0.1, 0.15) is 0 Å². The van der Waals surface area contributed by atoms with Crippen molar-refractivity contribution in [3.8, 4) is 0 Å². The molecule has 9 nitrogen and oxygen atoms in total. The molecule has 0 unspecified atom stereocenters. The van der Waals surface area contributed by atoms with Crippen molar-refractivity contribution in [1.82, 2.24) is 0 Å². The number of ether oxygens (including phenoxy) is 1. The highest BCUT2D eigenvalue weighted by Gasteiger charge is 2.38. The van der Waals surface area contributed by atoms with Crippen molar-refractivity contribution in [2.24, 2.45) is 10.8 Å². The summed E-state index contributed by atoms with van der Waals surface area (Å²) in [6.45, 7) is -3.01. The summed E-state index contributed by atoms with van der Waals surface area (Å²) in [4.78, 5) is 8.90. The van der Waals surface area contributed by atoms with Crippen molar-refractivity contribution in [1.29, 1.82) is 0 Å². The molecule has 0 aromatic rings. The third-order valence-electron chi connectivity index (χ3n) is 3.07. The van der Waals surface area contributed by atoms with Crippen molar-refractivity contribution < 1.29 is 58.4 Å². The van der Waals surface area contributed by atoms with Crippen LogP contribution in [0, 0.1) is 10.8 Å². The lowest BCUT2D eigenvalue weighted by Gasteiger charge is -2.31. The van der Waals surface area contributed by atoms with Crippen LogP contribution >= 0.6 is 0 Å². The Labute approximate surface area is 135 Å². The first kappa shape index (κ1) is 25.2. The first-order chi connectivity index (χ1) is 11.0. The Morgan fingerprint density at radius 1 is 0.708 bits per heavy atom. The summed E-state index contributed by atoms with van der Waals surface area (Å²) < 4.78 is 36.9. The molecule has 12 heteroatoms. The van der Waals surface area contributed by atoms with E-state index < -0.39 is 62.6 Å². The van der Waals surface area contributed by atoms with Gasteiger partial charge in [0.1, 0.15) is 0 Å². The van der Waals surface area contributed by atoms with Gasteiger partial charge in [-0.05, 0) is 0 Å². The van der Waals surface area contributed by atoms with Gasteiger partial charge in [-0.15, -0.1) is 0 Å². The number of aliphatic carboxylic acids is 1. The molecule has 0 heterocycles. The fourth-order valence-electron chi connectivity index (χ4n) is 1.06. The predicted octanol–water partition coefficient (Wildman–Crippen LogP) is -2.44. The topological polar surface area (TPSA) is 168 Å². The highest BCUT2D eigenvalue weighted by atomic mass is 19.4. The Hall–Kier alpha value is -1.02. The van der Waals surface area contributed by atoms with Gasteiger partial charge in [-0.1, -0.05) is 0 Å². The number of aliphatic hydroxyl groups excluding tert-OH is 6. The van der Waals surface area contributed by atoms with E-state index in [0.29, 0.717) is 0 Å². The number of carboxylic acid groups (broad SMARTS) is 1. The summed E-state index contributed by atoms with van der Waals surface area (Å²) in [5.74, 6) is -2.76. The molecule has 0 rings (SSSR count). The van der Waals surface area contributed by atoms with Crippen LogP contribution in [0.5, 0.6) is 0 Å². The molecule has 0 spiro atoms. The number of carboxylic acids is 1. The summed E-state index contributed by atoms with van der Waals surface area (Å²) in [7, 11) is 0. The fraction of sp³-hybridized carbons (Fsp3) is 0.917. The largest absolute Gasteiger partial charge is 0.490 e. The van der Waals surface area contributed by atoms with Gasteiger partial charge in [0.15, 0.2) is 0 Å². The number of alkyl halides is 3. The van der Waals surface area contributed by atoms with E-state index in [1.165, 1.54) is 0 Å². The van der Waals surface area contributed by atoms with Gasteiger partial charge in [-0.3, -0.25) is 0 Å². The van der Waals surface area contributed by atoms with Gasteiger partial charge in [0, 0.05) is 0 Å². The van der Waals surface area contributed by atoms with E-state index >= 15 is 0 Å².